The zero-order valence-electron chi connectivity index (χ0n) is 15.0. The summed E-state index contributed by atoms with van der Waals surface area (Å²) >= 11 is 0. The quantitative estimate of drug-likeness (QED) is 0.807. The van der Waals surface area contributed by atoms with Crippen LogP contribution in [0.3, 0.4) is 0 Å². The van der Waals surface area contributed by atoms with Crippen molar-refractivity contribution in [1.82, 2.24) is 10.2 Å². The molecule has 3 aliphatic rings. The van der Waals surface area contributed by atoms with Crippen LogP contribution in [-0.2, 0) is 0 Å². The van der Waals surface area contributed by atoms with Crippen LogP contribution in [0.15, 0.2) is 0 Å². The van der Waals surface area contributed by atoms with Gasteiger partial charge < -0.3 is 10.2 Å². The van der Waals surface area contributed by atoms with Crippen molar-refractivity contribution in [3.63, 3.8) is 0 Å². The summed E-state index contributed by atoms with van der Waals surface area (Å²) < 4.78 is 0. The summed E-state index contributed by atoms with van der Waals surface area (Å²) in [5.74, 6) is 2.74. The van der Waals surface area contributed by atoms with E-state index in [9.17, 15) is 0 Å². The van der Waals surface area contributed by atoms with Crippen LogP contribution in [0.4, 0.5) is 0 Å². The number of piperidine rings is 1. The predicted molar refractivity (Wildman–Crippen MR) is 95.1 cm³/mol. The van der Waals surface area contributed by atoms with Gasteiger partial charge in [-0.1, -0.05) is 46.0 Å². The second-order valence-corrected chi connectivity index (χ2v) is 8.81. The van der Waals surface area contributed by atoms with Crippen molar-refractivity contribution in [3.8, 4) is 0 Å². The topological polar surface area (TPSA) is 15.3 Å². The first-order valence-electron chi connectivity index (χ1n) is 10.2. The zero-order valence-corrected chi connectivity index (χ0v) is 15.0. The van der Waals surface area contributed by atoms with Crippen molar-refractivity contribution in [3.05, 3.63) is 0 Å². The Morgan fingerprint density at radius 3 is 2.23 bits per heavy atom. The van der Waals surface area contributed by atoms with E-state index in [1.54, 1.807) is 0 Å². The molecule has 1 saturated heterocycles. The minimum Gasteiger partial charge on any atom is -0.310 e. The van der Waals surface area contributed by atoms with E-state index in [0.29, 0.717) is 0 Å². The first-order valence-corrected chi connectivity index (χ1v) is 10.2. The summed E-state index contributed by atoms with van der Waals surface area (Å²) in [5, 5.41) is 4.06. The molecular weight excluding hydrogens is 268 g/mol. The van der Waals surface area contributed by atoms with Gasteiger partial charge in [-0.2, -0.15) is 0 Å². The molecule has 22 heavy (non-hydrogen) atoms. The molecule has 0 radical (unpaired) electrons. The van der Waals surface area contributed by atoms with Crippen molar-refractivity contribution in [2.75, 3.05) is 19.6 Å². The van der Waals surface area contributed by atoms with Crippen LogP contribution in [0.25, 0.3) is 0 Å². The van der Waals surface area contributed by atoms with Gasteiger partial charge in [0.2, 0.25) is 0 Å². The number of nitrogens with one attached hydrogen (secondary N) is 1. The molecule has 1 aliphatic heterocycles. The molecule has 0 amide bonds. The van der Waals surface area contributed by atoms with E-state index in [-0.39, 0.29) is 0 Å². The van der Waals surface area contributed by atoms with Gasteiger partial charge in [-0.3, -0.25) is 0 Å². The third-order valence-corrected chi connectivity index (χ3v) is 6.57. The maximum atomic E-state index is 4.06. The fourth-order valence-electron chi connectivity index (χ4n) is 5.15. The summed E-state index contributed by atoms with van der Waals surface area (Å²) in [7, 11) is 0. The molecule has 2 heteroatoms. The monoisotopic (exact) mass is 306 g/mol. The largest absolute Gasteiger partial charge is 0.310 e. The minimum absolute atomic E-state index is 0.755. The average molecular weight is 307 g/mol. The van der Waals surface area contributed by atoms with E-state index < -0.39 is 0 Å². The Morgan fingerprint density at radius 2 is 1.55 bits per heavy atom. The molecule has 0 aromatic rings. The second kappa shape index (κ2) is 8.15. The van der Waals surface area contributed by atoms with Gasteiger partial charge >= 0.3 is 0 Å². The van der Waals surface area contributed by atoms with E-state index in [1.165, 1.54) is 83.8 Å². The molecule has 2 unspecified atom stereocenters. The van der Waals surface area contributed by atoms with Gasteiger partial charge in [0, 0.05) is 31.7 Å². The molecular formula is C20H38N2. The normalized spacial score (nSPS) is 32.9. The highest BCUT2D eigenvalue weighted by Gasteiger charge is 2.31. The van der Waals surface area contributed by atoms with E-state index >= 15 is 0 Å². The fraction of sp³-hybridized carbons (Fsp3) is 1.00. The van der Waals surface area contributed by atoms with Crippen LogP contribution in [-0.4, -0.2) is 36.6 Å². The Bertz CT molecular complexity index is 314. The third-order valence-electron chi connectivity index (χ3n) is 6.57. The van der Waals surface area contributed by atoms with Crippen LogP contribution in [0.1, 0.15) is 78.1 Å². The first-order chi connectivity index (χ1) is 10.7. The Morgan fingerprint density at radius 1 is 0.864 bits per heavy atom. The van der Waals surface area contributed by atoms with Crippen molar-refractivity contribution < 1.29 is 0 Å². The fourth-order valence-corrected chi connectivity index (χ4v) is 5.15. The smallest absolute Gasteiger partial charge is 0.0200 e. The molecule has 2 nitrogen and oxygen atoms in total. The van der Waals surface area contributed by atoms with E-state index in [0.717, 1.165) is 29.8 Å². The van der Waals surface area contributed by atoms with Crippen LogP contribution in [0, 0.1) is 17.8 Å². The summed E-state index contributed by atoms with van der Waals surface area (Å²) in [5.41, 5.74) is 0. The van der Waals surface area contributed by atoms with Crippen LogP contribution in [0.2, 0.25) is 0 Å². The molecule has 128 valence electrons. The van der Waals surface area contributed by atoms with Gasteiger partial charge in [0.1, 0.15) is 0 Å². The summed E-state index contributed by atoms with van der Waals surface area (Å²) in [6.07, 6.45) is 14.6. The lowest BCUT2D eigenvalue weighted by atomic mass is 9.84. The molecule has 2 saturated carbocycles. The van der Waals surface area contributed by atoms with Crippen molar-refractivity contribution in [2.24, 2.45) is 17.8 Å². The highest BCUT2D eigenvalue weighted by molar-refractivity contribution is 4.88. The molecule has 2 atom stereocenters. The third kappa shape index (κ3) is 4.71. The molecule has 1 heterocycles. The molecule has 3 rings (SSSR count). The van der Waals surface area contributed by atoms with Crippen molar-refractivity contribution >= 4 is 0 Å². The number of rotatable bonds is 5. The van der Waals surface area contributed by atoms with Gasteiger partial charge in [-0.15, -0.1) is 0 Å². The molecule has 0 bridgehead atoms. The van der Waals surface area contributed by atoms with Gasteiger partial charge in [-0.05, 0) is 49.9 Å². The molecule has 1 N–H and O–H groups in total. The highest BCUT2D eigenvalue weighted by Crippen LogP contribution is 2.30. The Labute approximate surface area is 138 Å². The predicted octanol–water partition coefficient (Wildman–Crippen LogP) is 4.45. The second-order valence-electron chi connectivity index (χ2n) is 8.81. The molecule has 3 fully saturated rings. The Hall–Kier alpha value is -0.0800. The zero-order chi connectivity index (χ0) is 15.4. The van der Waals surface area contributed by atoms with Crippen LogP contribution < -0.4 is 5.32 Å². The SMILES string of the molecule is CC(C)C1CC(NC2CCCCC2)CN(CC2CCCC2)C1. The minimum atomic E-state index is 0.755. The number of likely N-dealkylation sites (tertiary alicyclic amines) is 1. The van der Waals surface area contributed by atoms with E-state index in [4.69, 9.17) is 0 Å². The van der Waals surface area contributed by atoms with Gasteiger partial charge in [0.15, 0.2) is 0 Å². The average Bonchev–Trinajstić information content (AvgIpc) is 3.01. The van der Waals surface area contributed by atoms with Gasteiger partial charge in [0.05, 0.1) is 0 Å². The van der Waals surface area contributed by atoms with Crippen molar-refractivity contribution in [1.29, 1.82) is 0 Å². The van der Waals surface area contributed by atoms with Gasteiger partial charge in [0.25, 0.3) is 0 Å². The van der Waals surface area contributed by atoms with Crippen LogP contribution in [0.5, 0.6) is 0 Å². The summed E-state index contributed by atoms with van der Waals surface area (Å²) in [6.45, 7) is 8.92. The lowest BCUT2D eigenvalue weighted by Gasteiger charge is -2.42. The highest BCUT2D eigenvalue weighted by atomic mass is 15.2. The summed E-state index contributed by atoms with van der Waals surface area (Å²) in [6, 6.07) is 1.57. The maximum absolute atomic E-state index is 4.06. The van der Waals surface area contributed by atoms with Crippen LogP contribution >= 0.6 is 0 Å². The lowest BCUT2D eigenvalue weighted by Crippen LogP contribution is -2.53. The van der Waals surface area contributed by atoms with E-state index in [1.807, 2.05) is 0 Å². The standard InChI is InChI=1S/C20H38N2/c1-16(2)18-12-20(21-19-10-4-3-5-11-19)15-22(14-18)13-17-8-6-7-9-17/h16-21H,3-15H2,1-2H3. The Kier molecular flexibility index (Phi) is 6.21. The number of hydrogen-bond acceptors (Lipinski definition) is 2. The molecule has 0 aromatic heterocycles. The Balaban J connectivity index is 1.54. The van der Waals surface area contributed by atoms with Crippen molar-refractivity contribution in [2.45, 2.75) is 90.1 Å². The number of hydrogen-bond donors (Lipinski definition) is 1. The summed E-state index contributed by atoms with van der Waals surface area (Å²) in [4.78, 5) is 2.82. The maximum Gasteiger partial charge on any atom is 0.0200 e. The molecule has 2 aliphatic carbocycles. The number of nitrogens with zero attached hydrogens (tertiary/aromatic N) is 1. The van der Waals surface area contributed by atoms with E-state index in [2.05, 4.69) is 24.1 Å². The lowest BCUT2D eigenvalue weighted by molar-refractivity contribution is 0.0941. The first kappa shape index (κ1) is 16.8. The molecule has 0 spiro atoms. The molecule has 0 aromatic carbocycles. The van der Waals surface area contributed by atoms with Gasteiger partial charge in [-0.25, -0.2) is 0 Å².